The molecule has 2 saturated carbocycles. The molecule has 1 atom stereocenters. The molecular weight excluding hydrogens is 248 g/mol. The molecule has 0 radical (unpaired) electrons. The Bertz CT molecular complexity index is 459. The number of nitrogens with one attached hydrogen (secondary N) is 1. The molecule has 1 aromatic rings. The van der Waals surface area contributed by atoms with Crippen molar-refractivity contribution in [3.05, 3.63) is 10.5 Å². The number of aromatic nitrogens is 3. The molecule has 0 spiro atoms. The molecule has 0 saturated heterocycles. The maximum Gasteiger partial charge on any atom is 0.344 e. The van der Waals surface area contributed by atoms with E-state index in [-0.39, 0.29) is 11.7 Å². The second kappa shape index (κ2) is 5.09. The van der Waals surface area contributed by atoms with Gasteiger partial charge in [0.05, 0.1) is 0 Å². The van der Waals surface area contributed by atoms with E-state index in [1.807, 2.05) is 0 Å². The first-order valence-corrected chi connectivity index (χ1v) is 7.79. The molecule has 100 valence electrons. The largest absolute Gasteiger partial charge is 0.344 e. The summed E-state index contributed by atoms with van der Waals surface area (Å²) in [7, 11) is 0. The average Bonchev–Trinajstić information content (AvgIpc) is 2.92. The lowest BCUT2D eigenvalue weighted by Gasteiger charge is -2.17. The number of rotatable bonds is 5. The van der Waals surface area contributed by atoms with Crippen LogP contribution in [0.1, 0.15) is 44.6 Å². The van der Waals surface area contributed by atoms with Crippen molar-refractivity contribution in [2.75, 3.05) is 5.75 Å². The minimum Gasteiger partial charge on any atom is -0.327 e. The molecule has 1 unspecified atom stereocenters. The van der Waals surface area contributed by atoms with Crippen LogP contribution < -0.4 is 11.4 Å². The van der Waals surface area contributed by atoms with Crippen LogP contribution in [0.3, 0.4) is 0 Å². The maximum absolute atomic E-state index is 11.6. The number of nitrogens with two attached hydrogens (primary N) is 1. The van der Waals surface area contributed by atoms with Gasteiger partial charge in [-0.15, -0.1) is 5.10 Å². The lowest BCUT2D eigenvalue weighted by molar-refractivity contribution is 0.463. The van der Waals surface area contributed by atoms with Crippen molar-refractivity contribution in [3.63, 3.8) is 0 Å². The fourth-order valence-corrected chi connectivity index (χ4v) is 3.83. The van der Waals surface area contributed by atoms with E-state index in [1.54, 1.807) is 16.3 Å². The van der Waals surface area contributed by atoms with Gasteiger partial charge in [-0.05, 0) is 31.6 Å². The SMILES string of the molecule is NC(CSc1n[nH]c(=O)n1C1CC1)C1CCCC1. The Morgan fingerprint density at radius 2 is 2.11 bits per heavy atom. The fraction of sp³-hybridized carbons (Fsp3) is 0.833. The van der Waals surface area contributed by atoms with Gasteiger partial charge in [-0.1, -0.05) is 24.6 Å². The van der Waals surface area contributed by atoms with E-state index in [4.69, 9.17) is 5.73 Å². The zero-order valence-electron chi connectivity index (χ0n) is 10.5. The van der Waals surface area contributed by atoms with Crippen LogP contribution in [-0.2, 0) is 0 Å². The van der Waals surface area contributed by atoms with Crippen LogP contribution in [0.2, 0.25) is 0 Å². The Kier molecular flexibility index (Phi) is 3.48. The first kappa shape index (κ1) is 12.3. The van der Waals surface area contributed by atoms with Crippen LogP contribution in [0, 0.1) is 5.92 Å². The summed E-state index contributed by atoms with van der Waals surface area (Å²) in [5, 5.41) is 7.47. The molecule has 3 rings (SSSR count). The highest BCUT2D eigenvalue weighted by Crippen LogP contribution is 2.36. The summed E-state index contributed by atoms with van der Waals surface area (Å²) in [6, 6.07) is 0.610. The quantitative estimate of drug-likeness (QED) is 0.794. The minimum atomic E-state index is -0.0746. The lowest BCUT2D eigenvalue weighted by Crippen LogP contribution is -2.31. The standard InChI is InChI=1S/C12H20N4OS/c13-10(8-3-1-2-4-8)7-18-12-15-14-11(17)16(12)9-5-6-9/h8-10H,1-7,13H2,(H,14,17). The van der Waals surface area contributed by atoms with Crippen molar-refractivity contribution in [2.45, 2.75) is 55.8 Å². The van der Waals surface area contributed by atoms with E-state index in [9.17, 15) is 4.79 Å². The molecule has 1 aromatic heterocycles. The van der Waals surface area contributed by atoms with Gasteiger partial charge < -0.3 is 5.73 Å². The number of hydrogen-bond donors (Lipinski definition) is 2. The van der Waals surface area contributed by atoms with Gasteiger partial charge in [-0.25, -0.2) is 9.89 Å². The Balaban J connectivity index is 1.60. The minimum absolute atomic E-state index is 0.0746. The second-order valence-corrected chi connectivity index (χ2v) is 6.42. The number of aromatic amines is 1. The van der Waals surface area contributed by atoms with E-state index >= 15 is 0 Å². The van der Waals surface area contributed by atoms with Crippen LogP contribution in [0.5, 0.6) is 0 Å². The molecule has 18 heavy (non-hydrogen) atoms. The van der Waals surface area contributed by atoms with E-state index in [2.05, 4.69) is 10.2 Å². The molecule has 0 bridgehead atoms. The van der Waals surface area contributed by atoms with E-state index in [1.165, 1.54) is 25.7 Å². The zero-order valence-corrected chi connectivity index (χ0v) is 11.3. The van der Waals surface area contributed by atoms with Crippen LogP contribution in [0.15, 0.2) is 9.95 Å². The third-order valence-electron chi connectivity index (χ3n) is 3.99. The van der Waals surface area contributed by atoms with E-state index < -0.39 is 0 Å². The predicted molar refractivity (Wildman–Crippen MR) is 71.8 cm³/mol. The van der Waals surface area contributed by atoms with Crippen molar-refractivity contribution in [1.82, 2.24) is 14.8 Å². The molecule has 2 fully saturated rings. The van der Waals surface area contributed by atoms with Gasteiger partial charge in [-0.2, -0.15) is 0 Å². The molecule has 2 aliphatic rings. The van der Waals surface area contributed by atoms with Gasteiger partial charge in [-0.3, -0.25) is 4.57 Å². The second-order valence-electron chi connectivity index (χ2n) is 5.43. The first-order valence-electron chi connectivity index (χ1n) is 6.81. The predicted octanol–water partition coefficient (Wildman–Crippen LogP) is 1.52. The van der Waals surface area contributed by atoms with Crippen molar-refractivity contribution in [1.29, 1.82) is 0 Å². The summed E-state index contributed by atoms with van der Waals surface area (Å²) in [6.45, 7) is 0. The Labute approximate surface area is 111 Å². The number of H-pyrrole nitrogens is 1. The zero-order chi connectivity index (χ0) is 12.5. The molecular formula is C12H20N4OS. The molecule has 0 aromatic carbocycles. The van der Waals surface area contributed by atoms with Gasteiger partial charge in [0, 0.05) is 17.8 Å². The van der Waals surface area contributed by atoms with Gasteiger partial charge in [0.1, 0.15) is 0 Å². The van der Waals surface area contributed by atoms with Crippen molar-refractivity contribution < 1.29 is 0 Å². The molecule has 2 aliphatic carbocycles. The van der Waals surface area contributed by atoms with Crippen molar-refractivity contribution in [3.8, 4) is 0 Å². The van der Waals surface area contributed by atoms with Crippen molar-refractivity contribution in [2.24, 2.45) is 11.7 Å². The highest BCUT2D eigenvalue weighted by atomic mass is 32.2. The Morgan fingerprint density at radius 1 is 1.39 bits per heavy atom. The number of nitrogens with zero attached hydrogens (tertiary/aromatic N) is 2. The van der Waals surface area contributed by atoms with E-state index in [0.29, 0.717) is 12.0 Å². The molecule has 3 N–H and O–H groups in total. The third-order valence-corrected chi connectivity index (χ3v) is 5.09. The molecule has 6 heteroatoms. The van der Waals surface area contributed by atoms with Gasteiger partial charge in [0.25, 0.3) is 0 Å². The Morgan fingerprint density at radius 3 is 2.78 bits per heavy atom. The van der Waals surface area contributed by atoms with Gasteiger partial charge >= 0.3 is 5.69 Å². The van der Waals surface area contributed by atoms with E-state index in [0.717, 1.165) is 23.8 Å². The van der Waals surface area contributed by atoms with Crippen LogP contribution in [-0.4, -0.2) is 26.6 Å². The smallest absolute Gasteiger partial charge is 0.327 e. The first-order chi connectivity index (χ1) is 8.75. The molecule has 5 nitrogen and oxygen atoms in total. The van der Waals surface area contributed by atoms with Crippen molar-refractivity contribution >= 4 is 11.8 Å². The summed E-state index contributed by atoms with van der Waals surface area (Å²) in [5.74, 6) is 1.53. The van der Waals surface area contributed by atoms with Gasteiger partial charge in [0.2, 0.25) is 0 Å². The highest BCUT2D eigenvalue weighted by Gasteiger charge is 2.29. The summed E-state index contributed by atoms with van der Waals surface area (Å²) < 4.78 is 1.80. The lowest BCUT2D eigenvalue weighted by atomic mass is 10.0. The summed E-state index contributed by atoms with van der Waals surface area (Å²) in [4.78, 5) is 11.6. The van der Waals surface area contributed by atoms with Crippen LogP contribution >= 0.6 is 11.8 Å². The van der Waals surface area contributed by atoms with Gasteiger partial charge in [0.15, 0.2) is 5.16 Å². The third kappa shape index (κ3) is 2.49. The Hall–Kier alpha value is -0.750. The summed E-state index contributed by atoms with van der Waals surface area (Å²) in [6.07, 6.45) is 7.36. The molecule has 1 heterocycles. The fourth-order valence-electron chi connectivity index (χ4n) is 2.74. The number of thioether (sulfide) groups is 1. The summed E-state index contributed by atoms with van der Waals surface area (Å²) >= 11 is 1.63. The topological polar surface area (TPSA) is 76.7 Å². The van der Waals surface area contributed by atoms with Crippen LogP contribution in [0.4, 0.5) is 0 Å². The normalized spacial score (nSPS) is 22.5. The maximum atomic E-state index is 11.6. The number of hydrogen-bond acceptors (Lipinski definition) is 4. The average molecular weight is 268 g/mol. The molecule has 0 aliphatic heterocycles. The summed E-state index contributed by atoms with van der Waals surface area (Å²) in [5.41, 5.74) is 6.15. The monoisotopic (exact) mass is 268 g/mol. The highest BCUT2D eigenvalue weighted by molar-refractivity contribution is 7.99. The van der Waals surface area contributed by atoms with Crippen LogP contribution in [0.25, 0.3) is 0 Å². The molecule has 0 amide bonds.